The Hall–Kier alpha value is -0.610. The second-order valence-electron chi connectivity index (χ2n) is 7.52. The SMILES string of the molecule is CC(C)(C)C1=C[C@H]2N(S(=O)(=O)C(F)(F)F)[C@H](OC(=O)C2(C)C)[C@H]1Br. The molecule has 0 radical (unpaired) electrons. The van der Waals surface area contributed by atoms with Gasteiger partial charge in [0.25, 0.3) is 0 Å². The molecule has 0 saturated carbocycles. The van der Waals surface area contributed by atoms with Crippen LogP contribution in [0.5, 0.6) is 0 Å². The first kappa shape index (κ1) is 19.7. The first-order valence-electron chi connectivity index (χ1n) is 7.20. The first-order valence-corrected chi connectivity index (χ1v) is 9.55. The number of alkyl halides is 4. The minimum atomic E-state index is -5.67. The number of carbonyl (C=O) groups excluding carboxylic acids is 1. The number of hydrogen-bond donors (Lipinski definition) is 0. The van der Waals surface area contributed by atoms with Crippen LogP contribution in [0, 0.1) is 10.8 Å². The molecule has 10 heteroatoms. The Morgan fingerprint density at radius 2 is 1.75 bits per heavy atom. The van der Waals surface area contributed by atoms with Crippen LogP contribution in [0.15, 0.2) is 11.6 Å². The average Bonchev–Trinajstić information content (AvgIpc) is 2.35. The zero-order valence-electron chi connectivity index (χ0n) is 13.8. The fourth-order valence-corrected chi connectivity index (χ4v) is 5.53. The predicted octanol–water partition coefficient (Wildman–Crippen LogP) is 3.17. The highest BCUT2D eigenvalue weighted by atomic mass is 79.9. The Morgan fingerprint density at radius 1 is 1.25 bits per heavy atom. The van der Waals surface area contributed by atoms with Gasteiger partial charge in [-0.05, 0) is 24.8 Å². The van der Waals surface area contributed by atoms with Gasteiger partial charge in [-0.15, -0.1) is 4.31 Å². The maximum atomic E-state index is 13.1. The molecule has 0 N–H and O–H groups in total. The predicted molar refractivity (Wildman–Crippen MR) is 84.5 cm³/mol. The van der Waals surface area contributed by atoms with Crippen LogP contribution in [0.25, 0.3) is 0 Å². The summed E-state index contributed by atoms with van der Waals surface area (Å²) in [4.78, 5) is 11.3. The number of hydrogen-bond acceptors (Lipinski definition) is 4. The van der Waals surface area contributed by atoms with E-state index in [1.165, 1.54) is 19.9 Å². The van der Waals surface area contributed by atoms with Gasteiger partial charge in [-0.3, -0.25) is 4.79 Å². The normalized spacial score (nSPS) is 31.5. The van der Waals surface area contributed by atoms with Crippen molar-refractivity contribution in [2.24, 2.45) is 10.8 Å². The largest absolute Gasteiger partial charge is 0.511 e. The minimum Gasteiger partial charge on any atom is -0.443 e. The van der Waals surface area contributed by atoms with Gasteiger partial charge in [0.2, 0.25) is 0 Å². The van der Waals surface area contributed by atoms with Crippen molar-refractivity contribution in [1.82, 2.24) is 4.31 Å². The molecule has 0 aromatic carbocycles. The standard InChI is InChI=1S/C14H19BrF3NO4S/c1-12(2,3)7-6-8-13(4,5)11(20)23-10(9(7)15)19(8)24(21,22)14(16,17)18/h6,8-10H,1-5H3/t8-,9+,10-/m1/s1. The third kappa shape index (κ3) is 2.80. The lowest BCUT2D eigenvalue weighted by molar-refractivity contribution is -0.186. The fraction of sp³-hybridized carbons (Fsp3) is 0.786. The molecular weight excluding hydrogens is 415 g/mol. The molecule has 2 heterocycles. The molecule has 2 rings (SSSR count). The molecule has 0 unspecified atom stereocenters. The Bertz CT molecular complexity index is 694. The van der Waals surface area contributed by atoms with Crippen molar-refractivity contribution in [3.63, 3.8) is 0 Å². The van der Waals surface area contributed by atoms with E-state index in [1.54, 1.807) is 0 Å². The topological polar surface area (TPSA) is 63.7 Å². The summed E-state index contributed by atoms with van der Waals surface area (Å²) in [7, 11) is -5.67. The third-order valence-electron chi connectivity index (χ3n) is 4.34. The number of esters is 1. The van der Waals surface area contributed by atoms with Crippen molar-refractivity contribution in [3.05, 3.63) is 11.6 Å². The van der Waals surface area contributed by atoms with E-state index in [0.29, 0.717) is 5.57 Å². The molecular formula is C14H19BrF3NO4S. The second-order valence-corrected chi connectivity index (χ2v) is 10.3. The van der Waals surface area contributed by atoms with E-state index in [9.17, 15) is 26.4 Å². The Kier molecular flexibility index (Phi) is 4.47. The van der Waals surface area contributed by atoms with Gasteiger partial charge in [0.15, 0.2) is 6.23 Å². The molecule has 24 heavy (non-hydrogen) atoms. The lowest BCUT2D eigenvalue weighted by atomic mass is 9.74. The van der Waals surface area contributed by atoms with Crippen molar-refractivity contribution >= 4 is 31.9 Å². The number of ether oxygens (including phenoxy) is 1. The molecule has 2 aliphatic rings. The molecule has 1 saturated heterocycles. The van der Waals surface area contributed by atoms with Gasteiger partial charge in [-0.2, -0.15) is 13.2 Å². The zero-order chi connectivity index (χ0) is 18.9. The van der Waals surface area contributed by atoms with Crippen LogP contribution in [0.1, 0.15) is 34.6 Å². The molecule has 0 aliphatic carbocycles. The molecule has 1 fully saturated rings. The van der Waals surface area contributed by atoms with Gasteiger partial charge < -0.3 is 4.74 Å². The quantitative estimate of drug-likeness (QED) is 0.362. The highest BCUT2D eigenvalue weighted by Crippen LogP contribution is 2.49. The van der Waals surface area contributed by atoms with Gasteiger partial charge in [-0.1, -0.05) is 42.8 Å². The van der Waals surface area contributed by atoms with Gasteiger partial charge in [0.1, 0.15) is 0 Å². The molecule has 0 aromatic rings. The number of rotatable bonds is 1. The monoisotopic (exact) mass is 433 g/mol. The van der Waals surface area contributed by atoms with Crippen LogP contribution < -0.4 is 0 Å². The maximum Gasteiger partial charge on any atom is 0.511 e. The lowest BCUT2D eigenvalue weighted by Crippen LogP contribution is -2.68. The number of nitrogens with zero attached hydrogens (tertiary/aromatic N) is 1. The summed E-state index contributed by atoms with van der Waals surface area (Å²) in [5.41, 5.74) is -6.69. The number of halogens is 4. The lowest BCUT2D eigenvalue weighted by Gasteiger charge is -2.52. The summed E-state index contributed by atoms with van der Waals surface area (Å²) in [5, 5.41) is 0. The van der Waals surface area contributed by atoms with Crippen molar-refractivity contribution in [1.29, 1.82) is 0 Å². The summed E-state index contributed by atoms with van der Waals surface area (Å²) in [5.74, 6) is -0.736. The van der Waals surface area contributed by atoms with Crippen LogP contribution in [0.2, 0.25) is 0 Å². The Labute approximate surface area is 147 Å². The summed E-state index contributed by atoms with van der Waals surface area (Å²) in [6.45, 7) is 8.31. The summed E-state index contributed by atoms with van der Waals surface area (Å²) >= 11 is 3.22. The van der Waals surface area contributed by atoms with Crippen molar-refractivity contribution < 1.29 is 31.1 Å². The summed E-state index contributed by atoms with van der Waals surface area (Å²) < 4.78 is 68.9. The number of fused-ring (bicyclic) bond motifs is 2. The highest BCUT2D eigenvalue weighted by Gasteiger charge is 2.64. The van der Waals surface area contributed by atoms with E-state index in [1.807, 2.05) is 20.8 Å². The molecule has 5 nitrogen and oxygen atoms in total. The molecule has 0 aromatic heterocycles. The van der Waals surface area contributed by atoms with E-state index < -0.39 is 49.4 Å². The van der Waals surface area contributed by atoms with E-state index in [2.05, 4.69) is 15.9 Å². The molecule has 2 bridgehead atoms. The van der Waals surface area contributed by atoms with Crippen molar-refractivity contribution in [2.75, 3.05) is 0 Å². The summed E-state index contributed by atoms with van der Waals surface area (Å²) in [6.07, 6.45) is -0.138. The third-order valence-corrected chi connectivity index (χ3v) is 6.86. The molecule has 3 atom stereocenters. The molecule has 2 aliphatic heterocycles. The second kappa shape index (κ2) is 5.44. The van der Waals surface area contributed by atoms with Crippen LogP contribution in [0.4, 0.5) is 13.2 Å². The van der Waals surface area contributed by atoms with E-state index in [0.717, 1.165) is 0 Å². The van der Waals surface area contributed by atoms with Crippen LogP contribution in [0.3, 0.4) is 0 Å². The minimum absolute atomic E-state index is 0.267. The van der Waals surface area contributed by atoms with Gasteiger partial charge in [0.05, 0.1) is 16.3 Å². The van der Waals surface area contributed by atoms with Crippen LogP contribution in [-0.4, -0.2) is 41.3 Å². The smallest absolute Gasteiger partial charge is 0.443 e. The summed E-state index contributed by atoms with van der Waals surface area (Å²) in [6, 6.07) is -1.28. The van der Waals surface area contributed by atoms with Crippen molar-refractivity contribution in [2.45, 2.75) is 57.2 Å². The van der Waals surface area contributed by atoms with Crippen molar-refractivity contribution in [3.8, 4) is 0 Å². The first-order chi connectivity index (χ1) is 10.5. The number of sulfonamides is 1. The fourth-order valence-electron chi connectivity index (χ4n) is 2.87. The zero-order valence-corrected chi connectivity index (χ0v) is 16.2. The maximum absolute atomic E-state index is 13.1. The van der Waals surface area contributed by atoms with Gasteiger partial charge in [0, 0.05) is 0 Å². The van der Waals surface area contributed by atoms with Crippen LogP contribution in [-0.2, 0) is 19.6 Å². The van der Waals surface area contributed by atoms with Gasteiger partial charge >= 0.3 is 21.5 Å². The van der Waals surface area contributed by atoms with E-state index in [-0.39, 0.29) is 4.31 Å². The molecule has 0 spiro atoms. The van der Waals surface area contributed by atoms with E-state index >= 15 is 0 Å². The molecule has 0 amide bonds. The highest BCUT2D eigenvalue weighted by molar-refractivity contribution is 9.09. The Morgan fingerprint density at radius 3 is 2.17 bits per heavy atom. The average molecular weight is 434 g/mol. The van der Waals surface area contributed by atoms with Crippen LogP contribution >= 0.6 is 15.9 Å². The van der Waals surface area contributed by atoms with E-state index in [4.69, 9.17) is 4.74 Å². The molecule has 138 valence electrons. The number of carbonyl (C=O) groups is 1. The van der Waals surface area contributed by atoms with Gasteiger partial charge in [-0.25, -0.2) is 8.42 Å². The Balaban J connectivity index is 2.73.